The molecule has 14 heavy (non-hydrogen) atoms. The first-order valence-corrected chi connectivity index (χ1v) is 5.04. The van der Waals surface area contributed by atoms with Crippen LogP contribution in [0.2, 0.25) is 0 Å². The highest BCUT2D eigenvalue weighted by Crippen LogP contribution is 2.16. The zero-order valence-electron chi connectivity index (χ0n) is 7.46. The predicted octanol–water partition coefficient (Wildman–Crippen LogP) is 2.06. The maximum absolute atomic E-state index is 13.1. The minimum atomic E-state index is -0.705. The summed E-state index contributed by atoms with van der Waals surface area (Å²) < 4.78 is 20.6. The van der Waals surface area contributed by atoms with Crippen LogP contribution < -0.4 is 8.27 Å². The summed E-state index contributed by atoms with van der Waals surface area (Å²) in [6.07, 6.45) is -0.705. The van der Waals surface area contributed by atoms with Crippen LogP contribution in [0.25, 0.3) is 0 Å². The lowest BCUT2D eigenvalue weighted by molar-refractivity contribution is -0.124. The van der Waals surface area contributed by atoms with E-state index < -0.39 is 11.9 Å². The van der Waals surface area contributed by atoms with E-state index >= 15 is 0 Å². The molecule has 1 aromatic rings. The summed E-state index contributed by atoms with van der Waals surface area (Å²) in [5.41, 5.74) is 0. The van der Waals surface area contributed by atoms with E-state index in [4.69, 9.17) is 4.74 Å². The lowest BCUT2D eigenvalue weighted by Gasteiger charge is -2.12. The Balaban J connectivity index is 2.69. The Morgan fingerprint density at radius 3 is 2.79 bits per heavy atom. The van der Waals surface area contributed by atoms with Crippen LogP contribution in [0.15, 0.2) is 24.3 Å². The molecular weight excluding hydrogens is 300 g/mol. The van der Waals surface area contributed by atoms with E-state index in [1.54, 1.807) is 41.9 Å². The SMILES string of the molecule is CC(Oc1ccccc1F)C(=O)NI. The molecule has 0 aliphatic carbocycles. The first kappa shape index (κ1) is 11.2. The largest absolute Gasteiger partial charge is 0.478 e. The van der Waals surface area contributed by atoms with Crippen molar-refractivity contribution in [3.63, 3.8) is 0 Å². The standard InChI is InChI=1S/C9H9FINO2/c1-6(9(13)12-11)14-8-5-3-2-4-7(8)10/h2-6H,1H3,(H,12,13). The van der Waals surface area contributed by atoms with Crippen LogP contribution in [0.3, 0.4) is 0 Å². The third kappa shape index (κ3) is 2.83. The molecule has 0 spiro atoms. The van der Waals surface area contributed by atoms with Crippen LogP contribution >= 0.6 is 22.9 Å². The molecule has 1 N–H and O–H groups in total. The highest BCUT2D eigenvalue weighted by molar-refractivity contribution is 14.1. The molecule has 1 atom stereocenters. The van der Waals surface area contributed by atoms with Crippen molar-refractivity contribution in [2.24, 2.45) is 0 Å². The van der Waals surface area contributed by atoms with Gasteiger partial charge in [0, 0.05) is 0 Å². The molecule has 1 unspecified atom stereocenters. The van der Waals surface area contributed by atoms with Gasteiger partial charge in [0.05, 0.1) is 22.9 Å². The zero-order valence-corrected chi connectivity index (χ0v) is 9.62. The number of para-hydroxylation sites is 1. The van der Waals surface area contributed by atoms with Gasteiger partial charge < -0.3 is 4.74 Å². The molecule has 0 saturated heterocycles. The minimum absolute atomic E-state index is 0.0833. The Morgan fingerprint density at radius 2 is 2.21 bits per heavy atom. The van der Waals surface area contributed by atoms with Crippen LogP contribution in [0.4, 0.5) is 4.39 Å². The molecule has 5 heteroatoms. The van der Waals surface area contributed by atoms with E-state index in [9.17, 15) is 9.18 Å². The van der Waals surface area contributed by atoms with Crippen molar-refractivity contribution in [3.8, 4) is 5.75 Å². The quantitative estimate of drug-likeness (QED) is 0.685. The first-order valence-electron chi connectivity index (χ1n) is 3.97. The van der Waals surface area contributed by atoms with Gasteiger partial charge in [0.25, 0.3) is 5.91 Å². The second kappa shape index (κ2) is 5.14. The number of halogens is 2. The van der Waals surface area contributed by atoms with Crippen molar-refractivity contribution in [2.75, 3.05) is 0 Å². The number of rotatable bonds is 3. The summed E-state index contributed by atoms with van der Waals surface area (Å²) in [4.78, 5) is 11.1. The number of benzene rings is 1. The summed E-state index contributed by atoms with van der Waals surface area (Å²) in [5.74, 6) is -0.686. The molecule has 0 bridgehead atoms. The van der Waals surface area contributed by atoms with Crippen LogP contribution in [-0.4, -0.2) is 12.0 Å². The average Bonchev–Trinajstić information content (AvgIpc) is 2.20. The van der Waals surface area contributed by atoms with Crippen molar-refractivity contribution < 1.29 is 13.9 Å². The molecule has 0 aliphatic heterocycles. The van der Waals surface area contributed by atoms with Gasteiger partial charge in [-0.3, -0.25) is 8.32 Å². The molecule has 76 valence electrons. The molecule has 0 saturated carbocycles. The molecular formula is C9H9FINO2. The van der Waals surface area contributed by atoms with Gasteiger partial charge in [-0.25, -0.2) is 4.39 Å². The van der Waals surface area contributed by atoms with E-state index in [1.165, 1.54) is 12.1 Å². The van der Waals surface area contributed by atoms with Crippen LogP contribution in [-0.2, 0) is 4.79 Å². The Hall–Kier alpha value is -0.850. The summed E-state index contributed by atoms with van der Waals surface area (Å²) in [5, 5.41) is 0. The molecule has 1 amide bonds. The fraction of sp³-hybridized carbons (Fsp3) is 0.222. The van der Waals surface area contributed by atoms with Crippen molar-refractivity contribution in [3.05, 3.63) is 30.1 Å². The van der Waals surface area contributed by atoms with Gasteiger partial charge in [-0.2, -0.15) is 0 Å². The number of carbonyl (C=O) groups excluding carboxylic acids is 1. The Morgan fingerprint density at radius 1 is 1.57 bits per heavy atom. The molecule has 0 aliphatic rings. The Bertz CT molecular complexity index is 332. The molecule has 3 nitrogen and oxygen atoms in total. The molecule has 0 radical (unpaired) electrons. The van der Waals surface area contributed by atoms with E-state index in [1.807, 2.05) is 0 Å². The van der Waals surface area contributed by atoms with E-state index in [-0.39, 0.29) is 11.7 Å². The third-order valence-corrected chi connectivity index (χ3v) is 2.13. The zero-order chi connectivity index (χ0) is 10.6. The van der Waals surface area contributed by atoms with Crippen LogP contribution in [0.1, 0.15) is 6.92 Å². The summed E-state index contributed by atoms with van der Waals surface area (Å²) in [6.45, 7) is 1.56. The molecule has 0 heterocycles. The molecule has 1 aromatic carbocycles. The second-order valence-corrected chi connectivity index (χ2v) is 3.19. The lowest BCUT2D eigenvalue weighted by Crippen LogP contribution is -2.30. The fourth-order valence-corrected chi connectivity index (χ4v) is 1.30. The Labute approximate surface area is 95.1 Å². The molecule has 1 rings (SSSR count). The minimum Gasteiger partial charge on any atom is -0.478 e. The maximum atomic E-state index is 13.1. The van der Waals surface area contributed by atoms with E-state index in [0.29, 0.717) is 0 Å². The topological polar surface area (TPSA) is 38.3 Å². The number of carbonyl (C=O) groups is 1. The van der Waals surface area contributed by atoms with Crippen molar-refractivity contribution in [1.82, 2.24) is 3.53 Å². The van der Waals surface area contributed by atoms with Gasteiger partial charge in [-0.15, -0.1) is 0 Å². The Kier molecular flexibility index (Phi) is 4.12. The van der Waals surface area contributed by atoms with Gasteiger partial charge in [-0.1, -0.05) is 12.1 Å². The average molecular weight is 309 g/mol. The number of amides is 1. The molecule has 0 fully saturated rings. The van der Waals surface area contributed by atoms with E-state index in [2.05, 4.69) is 3.53 Å². The number of hydrogen-bond donors (Lipinski definition) is 1. The van der Waals surface area contributed by atoms with Crippen LogP contribution in [0, 0.1) is 5.82 Å². The van der Waals surface area contributed by atoms with Crippen molar-refractivity contribution >= 4 is 28.8 Å². The van der Waals surface area contributed by atoms with E-state index in [0.717, 1.165) is 0 Å². The normalized spacial score (nSPS) is 11.9. The lowest BCUT2D eigenvalue weighted by atomic mass is 10.3. The number of ether oxygens (including phenoxy) is 1. The summed E-state index contributed by atoms with van der Waals surface area (Å²) in [6, 6.07) is 5.97. The van der Waals surface area contributed by atoms with Gasteiger partial charge in [0.2, 0.25) is 0 Å². The maximum Gasteiger partial charge on any atom is 0.269 e. The highest BCUT2D eigenvalue weighted by atomic mass is 127. The van der Waals surface area contributed by atoms with Gasteiger partial charge in [0.15, 0.2) is 17.7 Å². The van der Waals surface area contributed by atoms with Gasteiger partial charge in [0.1, 0.15) is 0 Å². The summed E-state index contributed by atoms with van der Waals surface area (Å²) >= 11 is 1.71. The smallest absolute Gasteiger partial charge is 0.269 e. The van der Waals surface area contributed by atoms with Crippen molar-refractivity contribution in [2.45, 2.75) is 13.0 Å². The third-order valence-electron chi connectivity index (χ3n) is 1.60. The highest BCUT2D eigenvalue weighted by Gasteiger charge is 2.14. The van der Waals surface area contributed by atoms with Gasteiger partial charge in [-0.05, 0) is 19.1 Å². The number of nitrogens with one attached hydrogen (secondary N) is 1. The molecule has 0 aromatic heterocycles. The second-order valence-electron chi connectivity index (χ2n) is 2.65. The summed E-state index contributed by atoms with van der Waals surface area (Å²) in [7, 11) is 0. The first-order chi connectivity index (χ1) is 6.65. The fourth-order valence-electron chi connectivity index (χ4n) is 0.861. The van der Waals surface area contributed by atoms with Crippen LogP contribution in [0.5, 0.6) is 5.75 Å². The predicted molar refractivity (Wildman–Crippen MR) is 58.7 cm³/mol. The van der Waals surface area contributed by atoms with Gasteiger partial charge >= 0.3 is 0 Å². The van der Waals surface area contributed by atoms with Crippen molar-refractivity contribution in [1.29, 1.82) is 0 Å². The number of hydrogen-bond acceptors (Lipinski definition) is 2. The monoisotopic (exact) mass is 309 g/mol.